The SMILES string of the molecule is Cn1ccc(CCNC2C3CCOC3C2(C)C)n1. The first-order valence-electron chi connectivity index (χ1n) is 6.92. The van der Waals surface area contributed by atoms with Crippen LogP contribution in [0.15, 0.2) is 12.3 Å². The smallest absolute Gasteiger partial charge is 0.0685 e. The van der Waals surface area contributed by atoms with Crippen molar-refractivity contribution in [3.8, 4) is 0 Å². The summed E-state index contributed by atoms with van der Waals surface area (Å²) in [5.74, 6) is 0.726. The summed E-state index contributed by atoms with van der Waals surface area (Å²) < 4.78 is 7.67. The highest BCUT2D eigenvalue weighted by Crippen LogP contribution is 2.51. The molecule has 3 unspecified atom stereocenters. The summed E-state index contributed by atoms with van der Waals surface area (Å²) in [6.07, 6.45) is 4.70. The molecule has 3 atom stereocenters. The second-order valence-corrected chi connectivity index (χ2v) is 6.23. The molecule has 0 spiro atoms. The highest BCUT2D eigenvalue weighted by Gasteiger charge is 2.58. The maximum Gasteiger partial charge on any atom is 0.0685 e. The van der Waals surface area contributed by atoms with Crippen molar-refractivity contribution in [3.63, 3.8) is 0 Å². The van der Waals surface area contributed by atoms with Crippen LogP contribution in [-0.4, -0.2) is 35.1 Å². The van der Waals surface area contributed by atoms with Crippen LogP contribution in [0.1, 0.15) is 26.0 Å². The second-order valence-electron chi connectivity index (χ2n) is 6.23. The van der Waals surface area contributed by atoms with Gasteiger partial charge in [0.2, 0.25) is 0 Å². The fourth-order valence-corrected chi connectivity index (χ4v) is 3.69. The molecule has 0 aromatic carbocycles. The van der Waals surface area contributed by atoms with E-state index in [0.29, 0.717) is 12.1 Å². The van der Waals surface area contributed by atoms with Gasteiger partial charge < -0.3 is 10.1 Å². The number of aromatic nitrogens is 2. The van der Waals surface area contributed by atoms with Gasteiger partial charge in [0, 0.05) is 50.2 Å². The van der Waals surface area contributed by atoms with Gasteiger partial charge >= 0.3 is 0 Å². The van der Waals surface area contributed by atoms with Gasteiger partial charge in [-0.2, -0.15) is 5.10 Å². The average Bonchev–Trinajstić information content (AvgIpc) is 2.92. The molecular weight excluding hydrogens is 226 g/mol. The molecule has 3 rings (SSSR count). The Morgan fingerprint density at radius 2 is 2.39 bits per heavy atom. The minimum atomic E-state index is 0.283. The van der Waals surface area contributed by atoms with Gasteiger partial charge in [-0.05, 0) is 12.5 Å². The molecule has 0 bridgehead atoms. The Kier molecular flexibility index (Phi) is 2.94. The molecule has 2 fully saturated rings. The lowest BCUT2D eigenvalue weighted by Gasteiger charge is -2.55. The summed E-state index contributed by atoms with van der Waals surface area (Å²) >= 11 is 0. The Balaban J connectivity index is 1.51. The summed E-state index contributed by atoms with van der Waals surface area (Å²) in [4.78, 5) is 0. The van der Waals surface area contributed by atoms with E-state index in [2.05, 4.69) is 30.3 Å². The first kappa shape index (κ1) is 12.2. The van der Waals surface area contributed by atoms with Crippen molar-refractivity contribution in [2.45, 2.75) is 38.8 Å². The van der Waals surface area contributed by atoms with E-state index < -0.39 is 0 Å². The molecule has 4 nitrogen and oxygen atoms in total. The Morgan fingerprint density at radius 1 is 1.56 bits per heavy atom. The van der Waals surface area contributed by atoms with Crippen LogP contribution in [0.3, 0.4) is 0 Å². The highest BCUT2D eigenvalue weighted by atomic mass is 16.5. The van der Waals surface area contributed by atoms with Crippen LogP contribution >= 0.6 is 0 Å². The van der Waals surface area contributed by atoms with Crippen LogP contribution in [0.25, 0.3) is 0 Å². The van der Waals surface area contributed by atoms with Crippen molar-refractivity contribution in [1.29, 1.82) is 0 Å². The van der Waals surface area contributed by atoms with Crippen molar-refractivity contribution in [2.75, 3.05) is 13.2 Å². The third-order valence-corrected chi connectivity index (χ3v) is 4.61. The van der Waals surface area contributed by atoms with Gasteiger partial charge in [-0.25, -0.2) is 0 Å². The average molecular weight is 249 g/mol. The predicted octanol–water partition coefficient (Wildman–Crippen LogP) is 1.37. The number of nitrogens with one attached hydrogen (secondary N) is 1. The monoisotopic (exact) mass is 249 g/mol. The number of fused-ring (bicyclic) bond motifs is 1. The lowest BCUT2D eigenvalue weighted by molar-refractivity contribution is -0.112. The molecule has 4 heteroatoms. The standard InChI is InChI=1S/C14H23N3O/c1-14(2)12(11-6-9-18-13(11)14)15-7-4-10-5-8-17(3)16-10/h5,8,11-13,15H,4,6-7,9H2,1-3H3. The lowest BCUT2D eigenvalue weighted by atomic mass is 9.57. The molecule has 1 saturated heterocycles. The van der Waals surface area contributed by atoms with Gasteiger partial charge in [-0.3, -0.25) is 4.68 Å². The van der Waals surface area contributed by atoms with Gasteiger partial charge in [-0.1, -0.05) is 13.8 Å². The third kappa shape index (κ3) is 1.88. The summed E-state index contributed by atoms with van der Waals surface area (Å²) in [5, 5.41) is 8.12. The topological polar surface area (TPSA) is 39.1 Å². The van der Waals surface area contributed by atoms with Crippen molar-refractivity contribution >= 4 is 0 Å². The van der Waals surface area contributed by atoms with E-state index in [1.807, 2.05) is 17.9 Å². The molecule has 1 N–H and O–H groups in total. The molecule has 1 aromatic rings. The number of nitrogens with zero attached hydrogens (tertiary/aromatic N) is 2. The van der Waals surface area contributed by atoms with E-state index in [4.69, 9.17) is 4.74 Å². The molecule has 0 amide bonds. The zero-order valence-electron chi connectivity index (χ0n) is 11.5. The van der Waals surface area contributed by atoms with Crippen molar-refractivity contribution in [2.24, 2.45) is 18.4 Å². The molecule has 2 heterocycles. The molecule has 18 heavy (non-hydrogen) atoms. The predicted molar refractivity (Wildman–Crippen MR) is 70.3 cm³/mol. The fraction of sp³-hybridized carbons (Fsp3) is 0.786. The van der Waals surface area contributed by atoms with E-state index in [1.165, 1.54) is 12.1 Å². The molecule has 100 valence electrons. The van der Waals surface area contributed by atoms with Gasteiger partial charge in [0.1, 0.15) is 0 Å². The van der Waals surface area contributed by atoms with Gasteiger partial charge in [-0.15, -0.1) is 0 Å². The second kappa shape index (κ2) is 4.35. The maximum atomic E-state index is 5.81. The molecule has 1 aliphatic heterocycles. The summed E-state index contributed by atoms with van der Waals surface area (Å²) in [7, 11) is 1.96. The Bertz CT molecular complexity index is 426. The quantitative estimate of drug-likeness (QED) is 0.876. The van der Waals surface area contributed by atoms with Crippen LogP contribution in [-0.2, 0) is 18.2 Å². The first-order chi connectivity index (χ1) is 8.59. The zero-order chi connectivity index (χ0) is 12.8. The number of ether oxygens (including phenoxy) is 1. The van der Waals surface area contributed by atoms with Crippen molar-refractivity contribution in [3.05, 3.63) is 18.0 Å². The highest BCUT2D eigenvalue weighted by molar-refractivity contribution is 5.11. The summed E-state index contributed by atoms with van der Waals surface area (Å²) in [6.45, 7) is 6.58. The summed E-state index contributed by atoms with van der Waals surface area (Å²) in [6, 6.07) is 2.70. The largest absolute Gasteiger partial charge is 0.377 e. The molecule has 1 aromatic heterocycles. The van der Waals surface area contributed by atoms with Crippen LogP contribution in [0.4, 0.5) is 0 Å². The van der Waals surface area contributed by atoms with E-state index in [1.54, 1.807) is 0 Å². The zero-order valence-corrected chi connectivity index (χ0v) is 11.5. The maximum absolute atomic E-state index is 5.81. The third-order valence-electron chi connectivity index (χ3n) is 4.61. The van der Waals surface area contributed by atoms with Crippen molar-refractivity contribution in [1.82, 2.24) is 15.1 Å². The Hall–Kier alpha value is -0.870. The molecule has 0 radical (unpaired) electrons. The van der Waals surface area contributed by atoms with Crippen molar-refractivity contribution < 1.29 is 4.74 Å². The molecule has 1 aliphatic carbocycles. The van der Waals surface area contributed by atoms with Gasteiger partial charge in [0.05, 0.1) is 11.8 Å². The van der Waals surface area contributed by atoms with Crippen LogP contribution in [0.2, 0.25) is 0 Å². The number of aryl methyl sites for hydroxylation is 1. The lowest BCUT2D eigenvalue weighted by Crippen LogP contribution is -2.66. The van der Waals surface area contributed by atoms with E-state index in [0.717, 1.165) is 25.5 Å². The number of hydrogen-bond donors (Lipinski definition) is 1. The molecular formula is C14H23N3O. The molecule has 2 aliphatic rings. The fourth-order valence-electron chi connectivity index (χ4n) is 3.69. The first-order valence-corrected chi connectivity index (χ1v) is 6.92. The number of hydrogen-bond acceptors (Lipinski definition) is 3. The molecule has 1 saturated carbocycles. The Labute approximate surface area is 109 Å². The van der Waals surface area contributed by atoms with E-state index in [-0.39, 0.29) is 5.41 Å². The van der Waals surface area contributed by atoms with E-state index in [9.17, 15) is 0 Å². The number of rotatable bonds is 4. The normalized spacial score (nSPS) is 33.2. The van der Waals surface area contributed by atoms with E-state index >= 15 is 0 Å². The van der Waals surface area contributed by atoms with Gasteiger partial charge in [0.25, 0.3) is 0 Å². The summed E-state index contributed by atoms with van der Waals surface area (Å²) in [5.41, 5.74) is 1.45. The Morgan fingerprint density at radius 3 is 3.11 bits per heavy atom. The minimum Gasteiger partial charge on any atom is -0.377 e. The van der Waals surface area contributed by atoms with Crippen LogP contribution in [0, 0.1) is 11.3 Å². The van der Waals surface area contributed by atoms with Crippen LogP contribution < -0.4 is 5.32 Å². The minimum absolute atomic E-state index is 0.283. The van der Waals surface area contributed by atoms with Crippen LogP contribution in [0.5, 0.6) is 0 Å². The van der Waals surface area contributed by atoms with Gasteiger partial charge in [0.15, 0.2) is 0 Å².